The molecule has 0 saturated heterocycles. The van der Waals surface area contributed by atoms with Gasteiger partial charge in [0.15, 0.2) is 0 Å². The standard InChI is InChI=1S/C12H19N/c1-6-11-8-12(13(4)5)10(3)7-9(11)2/h7-8H,6H2,1-5H3. The van der Waals surface area contributed by atoms with E-state index in [1.165, 1.54) is 22.4 Å². The van der Waals surface area contributed by atoms with Crippen LogP contribution in [0.25, 0.3) is 0 Å². The summed E-state index contributed by atoms with van der Waals surface area (Å²) in [4.78, 5) is 2.17. The molecule has 0 heterocycles. The molecule has 1 nitrogen and oxygen atoms in total. The Morgan fingerprint density at radius 1 is 1.08 bits per heavy atom. The van der Waals surface area contributed by atoms with Crippen molar-refractivity contribution in [2.75, 3.05) is 19.0 Å². The van der Waals surface area contributed by atoms with E-state index >= 15 is 0 Å². The molecule has 0 aromatic heterocycles. The van der Waals surface area contributed by atoms with Crippen molar-refractivity contribution < 1.29 is 0 Å². The SMILES string of the molecule is CCc1cc(N(C)C)c(C)cc1C. The Morgan fingerprint density at radius 3 is 2.15 bits per heavy atom. The monoisotopic (exact) mass is 177 g/mol. The number of anilines is 1. The lowest BCUT2D eigenvalue weighted by Gasteiger charge is -2.18. The summed E-state index contributed by atoms with van der Waals surface area (Å²) in [7, 11) is 4.19. The van der Waals surface area contributed by atoms with E-state index < -0.39 is 0 Å². The smallest absolute Gasteiger partial charge is 0.0393 e. The van der Waals surface area contributed by atoms with Gasteiger partial charge in [0.05, 0.1) is 0 Å². The summed E-state index contributed by atoms with van der Waals surface area (Å²) < 4.78 is 0. The van der Waals surface area contributed by atoms with Crippen molar-refractivity contribution in [2.45, 2.75) is 27.2 Å². The van der Waals surface area contributed by atoms with E-state index in [0.29, 0.717) is 0 Å². The Labute approximate surface area is 81.4 Å². The van der Waals surface area contributed by atoms with Crippen LogP contribution in [0.15, 0.2) is 12.1 Å². The lowest BCUT2D eigenvalue weighted by molar-refractivity contribution is 1.06. The van der Waals surface area contributed by atoms with Gasteiger partial charge in [0, 0.05) is 19.8 Å². The Bertz CT molecular complexity index is 300. The Balaban J connectivity index is 3.22. The molecule has 0 fully saturated rings. The van der Waals surface area contributed by atoms with Crippen molar-refractivity contribution in [1.82, 2.24) is 0 Å². The van der Waals surface area contributed by atoms with E-state index in [1.54, 1.807) is 0 Å². The van der Waals surface area contributed by atoms with Crippen molar-refractivity contribution in [3.8, 4) is 0 Å². The lowest BCUT2D eigenvalue weighted by Crippen LogP contribution is -2.11. The maximum absolute atomic E-state index is 2.30. The summed E-state index contributed by atoms with van der Waals surface area (Å²) in [6, 6.07) is 4.57. The summed E-state index contributed by atoms with van der Waals surface area (Å²) in [5.41, 5.74) is 5.56. The molecule has 1 heteroatoms. The first kappa shape index (κ1) is 10.1. The van der Waals surface area contributed by atoms with E-state index in [1.807, 2.05) is 0 Å². The van der Waals surface area contributed by atoms with Gasteiger partial charge in [-0.1, -0.05) is 13.0 Å². The first-order valence-electron chi connectivity index (χ1n) is 4.83. The van der Waals surface area contributed by atoms with Crippen LogP contribution in [-0.2, 0) is 6.42 Å². The topological polar surface area (TPSA) is 3.24 Å². The third kappa shape index (κ3) is 2.03. The fourth-order valence-electron chi connectivity index (χ4n) is 1.75. The molecule has 0 saturated carbocycles. The van der Waals surface area contributed by atoms with Gasteiger partial charge in [0.2, 0.25) is 0 Å². The van der Waals surface area contributed by atoms with Gasteiger partial charge >= 0.3 is 0 Å². The van der Waals surface area contributed by atoms with Crippen molar-refractivity contribution in [1.29, 1.82) is 0 Å². The quantitative estimate of drug-likeness (QED) is 0.671. The second-order valence-electron chi connectivity index (χ2n) is 3.81. The van der Waals surface area contributed by atoms with E-state index in [-0.39, 0.29) is 0 Å². The second kappa shape index (κ2) is 3.82. The fourth-order valence-corrected chi connectivity index (χ4v) is 1.75. The molecule has 0 aliphatic heterocycles. The average molecular weight is 177 g/mol. The normalized spacial score (nSPS) is 10.2. The number of benzene rings is 1. The summed E-state index contributed by atoms with van der Waals surface area (Å²) >= 11 is 0. The molecule has 0 aliphatic rings. The van der Waals surface area contributed by atoms with Gasteiger partial charge in [-0.15, -0.1) is 0 Å². The van der Waals surface area contributed by atoms with Gasteiger partial charge in [-0.2, -0.15) is 0 Å². The maximum atomic E-state index is 2.30. The van der Waals surface area contributed by atoms with Crippen molar-refractivity contribution in [3.05, 3.63) is 28.8 Å². The summed E-state index contributed by atoms with van der Waals surface area (Å²) in [6.45, 7) is 6.56. The minimum absolute atomic E-state index is 1.12. The van der Waals surface area contributed by atoms with Crippen molar-refractivity contribution >= 4 is 5.69 Å². The highest BCUT2D eigenvalue weighted by atomic mass is 15.1. The van der Waals surface area contributed by atoms with Gasteiger partial charge in [-0.05, 0) is 43.0 Å². The Hall–Kier alpha value is -0.980. The molecule has 1 aromatic rings. The number of aryl methyl sites for hydroxylation is 3. The van der Waals surface area contributed by atoms with E-state index in [9.17, 15) is 0 Å². The molecule has 1 aromatic carbocycles. The molecule has 72 valence electrons. The third-order valence-corrected chi connectivity index (χ3v) is 2.52. The molecule has 0 bridgehead atoms. The zero-order chi connectivity index (χ0) is 10.0. The Kier molecular flexibility index (Phi) is 2.97. The molecule has 0 aliphatic carbocycles. The van der Waals surface area contributed by atoms with Crippen LogP contribution in [0, 0.1) is 13.8 Å². The van der Waals surface area contributed by atoms with Gasteiger partial charge in [-0.3, -0.25) is 0 Å². The predicted molar refractivity (Wildman–Crippen MR) is 59.6 cm³/mol. The number of hydrogen-bond donors (Lipinski definition) is 0. The number of nitrogens with zero attached hydrogens (tertiary/aromatic N) is 1. The van der Waals surface area contributed by atoms with Crippen LogP contribution in [0.1, 0.15) is 23.6 Å². The minimum atomic E-state index is 1.12. The lowest BCUT2D eigenvalue weighted by atomic mass is 10.0. The number of hydrogen-bond acceptors (Lipinski definition) is 1. The van der Waals surface area contributed by atoms with Crippen molar-refractivity contribution in [3.63, 3.8) is 0 Å². The molecule has 13 heavy (non-hydrogen) atoms. The minimum Gasteiger partial charge on any atom is -0.377 e. The van der Waals surface area contributed by atoms with Crippen LogP contribution < -0.4 is 4.90 Å². The average Bonchev–Trinajstić information content (AvgIpc) is 2.03. The van der Waals surface area contributed by atoms with Crippen LogP contribution in [-0.4, -0.2) is 14.1 Å². The molecule has 1 rings (SSSR count). The molecular weight excluding hydrogens is 158 g/mol. The predicted octanol–water partition coefficient (Wildman–Crippen LogP) is 2.93. The molecule has 0 N–H and O–H groups in total. The molecule has 0 atom stereocenters. The van der Waals surface area contributed by atoms with Crippen molar-refractivity contribution in [2.24, 2.45) is 0 Å². The van der Waals surface area contributed by atoms with Gasteiger partial charge in [0.1, 0.15) is 0 Å². The fraction of sp³-hybridized carbons (Fsp3) is 0.500. The van der Waals surface area contributed by atoms with E-state index in [4.69, 9.17) is 0 Å². The maximum Gasteiger partial charge on any atom is 0.0393 e. The van der Waals surface area contributed by atoms with Gasteiger partial charge < -0.3 is 4.90 Å². The molecular formula is C12H19N. The van der Waals surface area contributed by atoms with Crippen LogP contribution in [0.4, 0.5) is 5.69 Å². The highest BCUT2D eigenvalue weighted by Gasteiger charge is 2.04. The zero-order valence-corrected chi connectivity index (χ0v) is 9.31. The molecule has 0 spiro atoms. The third-order valence-electron chi connectivity index (χ3n) is 2.52. The van der Waals surface area contributed by atoms with E-state index in [2.05, 4.69) is 51.9 Å². The van der Waals surface area contributed by atoms with E-state index in [0.717, 1.165) is 6.42 Å². The van der Waals surface area contributed by atoms with Gasteiger partial charge in [-0.25, -0.2) is 0 Å². The zero-order valence-electron chi connectivity index (χ0n) is 9.31. The number of rotatable bonds is 2. The summed E-state index contributed by atoms with van der Waals surface area (Å²) in [6.07, 6.45) is 1.12. The molecule has 0 radical (unpaired) electrons. The summed E-state index contributed by atoms with van der Waals surface area (Å²) in [5.74, 6) is 0. The van der Waals surface area contributed by atoms with Crippen LogP contribution in [0.5, 0.6) is 0 Å². The highest BCUT2D eigenvalue weighted by Crippen LogP contribution is 2.22. The summed E-state index contributed by atoms with van der Waals surface area (Å²) in [5, 5.41) is 0. The van der Waals surface area contributed by atoms with Crippen LogP contribution in [0.3, 0.4) is 0 Å². The largest absolute Gasteiger partial charge is 0.377 e. The molecule has 0 amide bonds. The van der Waals surface area contributed by atoms with Gasteiger partial charge in [0.25, 0.3) is 0 Å². The van der Waals surface area contributed by atoms with Crippen LogP contribution >= 0.6 is 0 Å². The second-order valence-corrected chi connectivity index (χ2v) is 3.81. The first-order chi connectivity index (χ1) is 6.06. The Morgan fingerprint density at radius 2 is 1.69 bits per heavy atom. The molecule has 0 unspecified atom stereocenters. The van der Waals surface area contributed by atoms with Crippen LogP contribution in [0.2, 0.25) is 0 Å². The highest BCUT2D eigenvalue weighted by molar-refractivity contribution is 5.56. The first-order valence-corrected chi connectivity index (χ1v) is 4.83.